The molecule has 1 aromatic heterocycles. The molecule has 144 valence electrons. The van der Waals surface area contributed by atoms with Crippen LogP contribution in [0.2, 0.25) is 0 Å². The van der Waals surface area contributed by atoms with Gasteiger partial charge < -0.3 is 10.1 Å². The molecule has 6 nitrogen and oxygen atoms in total. The van der Waals surface area contributed by atoms with E-state index in [2.05, 4.69) is 15.6 Å². The Morgan fingerprint density at radius 3 is 2.39 bits per heavy atom. The Hall–Kier alpha value is -3.19. The van der Waals surface area contributed by atoms with Crippen LogP contribution in [0, 0.1) is 0 Å². The first kappa shape index (κ1) is 19.6. The van der Waals surface area contributed by atoms with Gasteiger partial charge in [0.05, 0.1) is 12.3 Å². The van der Waals surface area contributed by atoms with Gasteiger partial charge in [-0.1, -0.05) is 19.1 Å². The van der Waals surface area contributed by atoms with Crippen molar-refractivity contribution < 1.29 is 14.3 Å². The number of hydrogen-bond donors (Lipinski definition) is 2. The van der Waals surface area contributed by atoms with Gasteiger partial charge in [0.15, 0.2) is 5.13 Å². The van der Waals surface area contributed by atoms with E-state index in [1.54, 1.807) is 24.3 Å². The Morgan fingerprint density at radius 1 is 1.04 bits per heavy atom. The number of carbonyl (C=O) groups excluding carboxylic acids is 2. The number of benzene rings is 2. The van der Waals surface area contributed by atoms with Crippen LogP contribution >= 0.6 is 11.3 Å². The normalized spacial score (nSPS) is 10.4. The highest BCUT2D eigenvalue weighted by Crippen LogP contribution is 2.26. The van der Waals surface area contributed by atoms with Crippen molar-refractivity contribution in [2.24, 2.45) is 0 Å². The Bertz CT molecular complexity index is 950. The van der Waals surface area contributed by atoms with Gasteiger partial charge in [0.1, 0.15) is 5.75 Å². The first-order chi connectivity index (χ1) is 13.5. The van der Waals surface area contributed by atoms with Crippen molar-refractivity contribution in [1.82, 2.24) is 4.98 Å². The Labute approximate surface area is 167 Å². The zero-order chi connectivity index (χ0) is 19.9. The van der Waals surface area contributed by atoms with Crippen LogP contribution in [-0.4, -0.2) is 23.4 Å². The van der Waals surface area contributed by atoms with Crippen LogP contribution in [0.5, 0.6) is 5.75 Å². The maximum Gasteiger partial charge on any atom is 0.257 e. The van der Waals surface area contributed by atoms with E-state index in [-0.39, 0.29) is 11.8 Å². The second-order valence-electron chi connectivity index (χ2n) is 6.12. The minimum absolute atomic E-state index is 0.114. The van der Waals surface area contributed by atoms with Gasteiger partial charge in [-0.05, 0) is 42.8 Å². The van der Waals surface area contributed by atoms with Gasteiger partial charge >= 0.3 is 0 Å². The topological polar surface area (TPSA) is 80.3 Å². The molecule has 3 rings (SSSR count). The van der Waals surface area contributed by atoms with Gasteiger partial charge in [-0.3, -0.25) is 14.9 Å². The summed E-state index contributed by atoms with van der Waals surface area (Å²) in [5.74, 6) is 0.415. The van der Waals surface area contributed by atoms with Gasteiger partial charge in [-0.25, -0.2) is 4.98 Å². The number of nitrogens with one attached hydrogen (secondary N) is 2. The summed E-state index contributed by atoms with van der Waals surface area (Å²) in [6.07, 6.45) is 0.935. The number of amides is 2. The van der Waals surface area contributed by atoms with Crippen LogP contribution in [0.3, 0.4) is 0 Å². The molecular weight excluding hydrogens is 374 g/mol. The Morgan fingerprint density at radius 2 is 1.75 bits per heavy atom. The molecule has 28 heavy (non-hydrogen) atoms. The molecule has 0 aliphatic rings. The van der Waals surface area contributed by atoms with E-state index < -0.39 is 0 Å². The molecule has 2 amide bonds. The fraction of sp³-hybridized carbons (Fsp3) is 0.190. The summed E-state index contributed by atoms with van der Waals surface area (Å²) in [7, 11) is 0. The second-order valence-corrected chi connectivity index (χ2v) is 6.98. The van der Waals surface area contributed by atoms with Crippen LogP contribution in [0.15, 0.2) is 53.9 Å². The number of carbonyl (C=O) groups is 2. The fourth-order valence-electron chi connectivity index (χ4n) is 2.48. The van der Waals surface area contributed by atoms with Gasteiger partial charge in [-0.2, -0.15) is 0 Å². The maximum atomic E-state index is 12.4. The van der Waals surface area contributed by atoms with E-state index in [1.807, 2.05) is 36.6 Å². The zero-order valence-corrected chi connectivity index (χ0v) is 16.5. The van der Waals surface area contributed by atoms with Crippen molar-refractivity contribution >= 4 is 34.0 Å². The molecule has 2 aromatic carbocycles. The van der Waals surface area contributed by atoms with Crippen molar-refractivity contribution in [1.29, 1.82) is 0 Å². The fourth-order valence-corrected chi connectivity index (χ4v) is 3.20. The average molecular weight is 395 g/mol. The number of anilines is 2. The van der Waals surface area contributed by atoms with Crippen molar-refractivity contribution in [2.75, 3.05) is 17.2 Å². The first-order valence-corrected chi connectivity index (χ1v) is 9.81. The van der Waals surface area contributed by atoms with Crippen LogP contribution < -0.4 is 15.4 Å². The number of rotatable bonds is 7. The molecule has 0 saturated carbocycles. The van der Waals surface area contributed by atoms with Crippen molar-refractivity contribution in [3.63, 3.8) is 0 Å². The highest BCUT2D eigenvalue weighted by Gasteiger charge is 2.10. The Balaban J connectivity index is 1.63. The largest absolute Gasteiger partial charge is 0.494 e. The lowest BCUT2D eigenvalue weighted by molar-refractivity contribution is -0.114. The molecule has 0 saturated heterocycles. The van der Waals surface area contributed by atoms with Crippen LogP contribution in [0.4, 0.5) is 10.8 Å². The minimum atomic E-state index is -0.219. The number of ether oxygens (including phenoxy) is 1. The van der Waals surface area contributed by atoms with Gasteiger partial charge in [0, 0.05) is 29.1 Å². The maximum absolute atomic E-state index is 12.4. The number of hydrogen-bond acceptors (Lipinski definition) is 5. The molecule has 0 unspecified atom stereocenters. The molecule has 0 aliphatic carbocycles. The van der Waals surface area contributed by atoms with Crippen LogP contribution in [0.25, 0.3) is 11.3 Å². The van der Waals surface area contributed by atoms with Crippen molar-refractivity contribution in [3.05, 3.63) is 59.5 Å². The van der Waals surface area contributed by atoms with E-state index in [0.717, 1.165) is 29.1 Å². The van der Waals surface area contributed by atoms with Gasteiger partial charge in [0.25, 0.3) is 5.91 Å². The smallest absolute Gasteiger partial charge is 0.257 e. The molecule has 7 heteroatoms. The van der Waals surface area contributed by atoms with Gasteiger partial charge in [-0.15, -0.1) is 11.3 Å². The quantitative estimate of drug-likeness (QED) is 0.602. The first-order valence-electron chi connectivity index (χ1n) is 8.93. The summed E-state index contributed by atoms with van der Waals surface area (Å²) in [5.41, 5.74) is 2.94. The SMILES string of the molecule is CCCOc1ccc(C(=O)Nc2nc(-c3ccc(NC(C)=O)cc3)cs2)cc1. The van der Waals surface area contributed by atoms with E-state index in [9.17, 15) is 9.59 Å². The Kier molecular flexibility index (Phi) is 6.39. The summed E-state index contributed by atoms with van der Waals surface area (Å²) in [5, 5.41) is 7.95. The minimum Gasteiger partial charge on any atom is -0.494 e. The van der Waals surface area contributed by atoms with Gasteiger partial charge in [0.2, 0.25) is 5.91 Å². The lowest BCUT2D eigenvalue weighted by atomic mass is 10.1. The highest BCUT2D eigenvalue weighted by atomic mass is 32.1. The summed E-state index contributed by atoms with van der Waals surface area (Å²) in [4.78, 5) is 28.0. The number of thiazole rings is 1. The third-order valence-electron chi connectivity index (χ3n) is 3.82. The molecule has 0 bridgehead atoms. The molecular formula is C21H21N3O3S. The third kappa shape index (κ3) is 5.17. The summed E-state index contributed by atoms with van der Waals surface area (Å²) in [6.45, 7) is 4.16. The molecule has 0 aliphatic heterocycles. The molecule has 0 spiro atoms. The summed E-state index contributed by atoms with van der Waals surface area (Å²) < 4.78 is 5.52. The molecule has 0 fully saturated rings. The molecule has 0 radical (unpaired) electrons. The molecule has 1 heterocycles. The van der Waals surface area contributed by atoms with E-state index in [1.165, 1.54) is 18.3 Å². The van der Waals surface area contributed by atoms with Crippen molar-refractivity contribution in [2.45, 2.75) is 20.3 Å². The van der Waals surface area contributed by atoms with E-state index in [4.69, 9.17) is 4.74 Å². The highest BCUT2D eigenvalue weighted by molar-refractivity contribution is 7.14. The van der Waals surface area contributed by atoms with E-state index >= 15 is 0 Å². The second kappa shape index (κ2) is 9.14. The van der Waals surface area contributed by atoms with Crippen molar-refractivity contribution in [3.8, 4) is 17.0 Å². The average Bonchev–Trinajstić information content (AvgIpc) is 3.15. The molecule has 3 aromatic rings. The van der Waals surface area contributed by atoms with Crippen LogP contribution in [0.1, 0.15) is 30.6 Å². The lowest BCUT2D eigenvalue weighted by Crippen LogP contribution is -2.11. The van der Waals surface area contributed by atoms with E-state index in [0.29, 0.717) is 17.3 Å². The molecule has 0 atom stereocenters. The monoisotopic (exact) mass is 395 g/mol. The predicted octanol–water partition coefficient (Wildman–Crippen LogP) is 4.81. The number of aromatic nitrogens is 1. The third-order valence-corrected chi connectivity index (χ3v) is 4.57. The summed E-state index contributed by atoms with van der Waals surface area (Å²) >= 11 is 1.36. The zero-order valence-electron chi connectivity index (χ0n) is 15.7. The lowest BCUT2D eigenvalue weighted by Gasteiger charge is -2.06. The molecule has 2 N–H and O–H groups in total. The summed E-state index contributed by atoms with van der Waals surface area (Å²) in [6, 6.07) is 14.4. The van der Waals surface area contributed by atoms with Crippen LogP contribution in [-0.2, 0) is 4.79 Å². The predicted molar refractivity (Wildman–Crippen MR) is 112 cm³/mol. The standard InChI is InChI=1S/C21H21N3O3S/c1-3-12-27-18-10-6-16(7-11-18)20(26)24-21-23-19(13-28-21)15-4-8-17(9-5-15)22-14(2)25/h4-11,13H,3,12H2,1-2H3,(H,22,25)(H,23,24,26). The number of nitrogens with zero attached hydrogens (tertiary/aromatic N) is 1.